The predicted molar refractivity (Wildman–Crippen MR) is 88.1 cm³/mol. The number of likely N-dealkylation sites (N-methyl/N-ethyl adjacent to an activating group) is 1. The zero-order chi connectivity index (χ0) is 16.7. The maximum atomic E-state index is 12.0. The lowest BCUT2D eigenvalue weighted by atomic mass is 10.1. The van der Waals surface area contributed by atoms with Gasteiger partial charge in [-0.1, -0.05) is 13.8 Å². The van der Waals surface area contributed by atoms with Gasteiger partial charge in [0.25, 0.3) is 0 Å². The molecule has 0 spiro atoms. The molecule has 122 valence electrons. The maximum Gasteiger partial charge on any atom is 0.313 e. The molecule has 1 rings (SSSR count). The Balaban J connectivity index is 2.66. The van der Waals surface area contributed by atoms with Crippen molar-refractivity contribution in [2.24, 2.45) is 5.92 Å². The second-order valence-corrected chi connectivity index (χ2v) is 5.77. The van der Waals surface area contributed by atoms with Crippen LogP contribution in [0.15, 0.2) is 18.2 Å². The summed E-state index contributed by atoms with van der Waals surface area (Å²) in [5.74, 6) is 0.109. The van der Waals surface area contributed by atoms with Crippen molar-refractivity contribution >= 4 is 17.5 Å². The van der Waals surface area contributed by atoms with Crippen molar-refractivity contribution < 1.29 is 14.3 Å². The van der Waals surface area contributed by atoms with Crippen LogP contribution in [0.2, 0.25) is 0 Å². The van der Waals surface area contributed by atoms with E-state index in [2.05, 4.69) is 19.2 Å². The number of anilines is 1. The van der Waals surface area contributed by atoms with E-state index in [1.807, 2.05) is 19.9 Å². The van der Waals surface area contributed by atoms with Gasteiger partial charge in [0.1, 0.15) is 5.75 Å². The molecular weight excluding hydrogens is 280 g/mol. The summed E-state index contributed by atoms with van der Waals surface area (Å²) in [7, 11) is 1.65. The average Bonchev–Trinajstić information content (AvgIpc) is 2.46. The summed E-state index contributed by atoms with van der Waals surface area (Å²) in [6.07, 6.45) is 0.873. The number of hydrogen-bond acceptors (Lipinski definition) is 3. The largest absolute Gasteiger partial charge is 0.494 e. The maximum absolute atomic E-state index is 12.0. The molecule has 0 unspecified atom stereocenters. The molecule has 5 heteroatoms. The van der Waals surface area contributed by atoms with Gasteiger partial charge in [0.05, 0.1) is 6.61 Å². The van der Waals surface area contributed by atoms with Crippen LogP contribution in [0.4, 0.5) is 5.69 Å². The van der Waals surface area contributed by atoms with Crippen LogP contribution in [0.3, 0.4) is 0 Å². The molecule has 0 aliphatic carbocycles. The van der Waals surface area contributed by atoms with Crippen molar-refractivity contribution in [2.75, 3.05) is 25.5 Å². The predicted octanol–water partition coefficient (Wildman–Crippen LogP) is 2.84. The third-order valence-corrected chi connectivity index (χ3v) is 3.34. The van der Waals surface area contributed by atoms with E-state index < -0.39 is 11.8 Å². The third kappa shape index (κ3) is 5.39. The third-order valence-electron chi connectivity index (χ3n) is 3.34. The summed E-state index contributed by atoms with van der Waals surface area (Å²) in [4.78, 5) is 25.5. The zero-order valence-electron chi connectivity index (χ0n) is 14.1. The van der Waals surface area contributed by atoms with E-state index in [0.29, 0.717) is 24.8 Å². The first-order valence-electron chi connectivity index (χ1n) is 7.65. The Bertz CT molecular complexity index is 527. The van der Waals surface area contributed by atoms with Gasteiger partial charge in [0.2, 0.25) is 0 Å². The molecule has 0 atom stereocenters. The summed E-state index contributed by atoms with van der Waals surface area (Å²) in [6, 6.07) is 5.37. The van der Waals surface area contributed by atoms with Gasteiger partial charge in [0.15, 0.2) is 0 Å². The molecular formula is C17H26N2O3. The first-order valence-corrected chi connectivity index (χ1v) is 7.65. The van der Waals surface area contributed by atoms with Crippen LogP contribution in [-0.4, -0.2) is 36.9 Å². The minimum Gasteiger partial charge on any atom is -0.494 e. The molecule has 0 aromatic heterocycles. The molecule has 0 heterocycles. The average molecular weight is 306 g/mol. The van der Waals surface area contributed by atoms with Crippen molar-refractivity contribution in [3.63, 3.8) is 0 Å². The van der Waals surface area contributed by atoms with E-state index in [4.69, 9.17) is 4.74 Å². The first-order chi connectivity index (χ1) is 10.3. The summed E-state index contributed by atoms with van der Waals surface area (Å²) < 4.78 is 5.40. The number of benzene rings is 1. The molecule has 1 aromatic carbocycles. The Hall–Kier alpha value is -2.04. The lowest BCUT2D eigenvalue weighted by Crippen LogP contribution is -2.38. The van der Waals surface area contributed by atoms with Crippen molar-refractivity contribution in [3.8, 4) is 5.75 Å². The minimum atomic E-state index is -0.612. The van der Waals surface area contributed by atoms with Crippen LogP contribution >= 0.6 is 0 Å². The van der Waals surface area contributed by atoms with Crippen LogP contribution in [0.1, 0.15) is 32.8 Å². The number of aryl methyl sites for hydroxylation is 1. The number of hydrogen-bond donors (Lipinski definition) is 1. The standard InChI is InChI=1S/C17H26N2O3/c1-6-22-14-7-8-15(13(4)11-14)18-16(20)17(21)19(5)10-9-12(2)3/h7-8,11-12H,6,9-10H2,1-5H3,(H,18,20). The Morgan fingerprint density at radius 2 is 2.00 bits per heavy atom. The molecule has 0 saturated heterocycles. The second kappa shape index (κ2) is 8.41. The first kappa shape index (κ1) is 18.0. The number of nitrogens with zero attached hydrogens (tertiary/aromatic N) is 1. The molecule has 0 aliphatic rings. The van der Waals surface area contributed by atoms with Gasteiger partial charge < -0.3 is 15.0 Å². The van der Waals surface area contributed by atoms with Gasteiger partial charge in [-0.05, 0) is 49.9 Å². The van der Waals surface area contributed by atoms with Gasteiger partial charge in [-0.3, -0.25) is 9.59 Å². The SMILES string of the molecule is CCOc1ccc(NC(=O)C(=O)N(C)CCC(C)C)c(C)c1. The summed E-state index contributed by atoms with van der Waals surface area (Å²) >= 11 is 0. The quantitative estimate of drug-likeness (QED) is 0.822. The number of carbonyl (C=O) groups excluding carboxylic acids is 2. The smallest absolute Gasteiger partial charge is 0.313 e. The van der Waals surface area contributed by atoms with Crippen molar-refractivity contribution in [1.82, 2.24) is 4.90 Å². The Morgan fingerprint density at radius 1 is 1.32 bits per heavy atom. The molecule has 22 heavy (non-hydrogen) atoms. The van der Waals surface area contributed by atoms with Crippen LogP contribution in [0.25, 0.3) is 0 Å². The van der Waals surface area contributed by atoms with Crippen LogP contribution in [0, 0.1) is 12.8 Å². The molecule has 1 aromatic rings. The molecule has 2 amide bonds. The molecule has 0 fully saturated rings. The summed E-state index contributed by atoms with van der Waals surface area (Å²) in [5.41, 5.74) is 1.48. The molecule has 1 N–H and O–H groups in total. The normalized spacial score (nSPS) is 10.5. The van der Waals surface area contributed by atoms with E-state index in [0.717, 1.165) is 17.7 Å². The van der Waals surface area contributed by atoms with Gasteiger partial charge in [0, 0.05) is 19.3 Å². The summed E-state index contributed by atoms with van der Waals surface area (Å²) in [5, 5.41) is 2.66. The fourth-order valence-electron chi connectivity index (χ4n) is 1.94. The highest BCUT2D eigenvalue weighted by molar-refractivity contribution is 6.39. The molecule has 0 radical (unpaired) electrons. The highest BCUT2D eigenvalue weighted by atomic mass is 16.5. The van der Waals surface area contributed by atoms with Gasteiger partial charge >= 0.3 is 11.8 Å². The van der Waals surface area contributed by atoms with Gasteiger partial charge in [-0.15, -0.1) is 0 Å². The summed E-state index contributed by atoms with van der Waals surface area (Å²) in [6.45, 7) is 9.11. The highest BCUT2D eigenvalue weighted by Gasteiger charge is 2.19. The fourth-order valence-corrected chi connectivity index (χ4v) is 1.94. The topological polar surface area (TPSA) is 58.6 Å². The van der Waals surface area contributed by atoms with Gasteiger partial charge in [-0.2, -0.15) is 0 Å². The monoisotopic (exact) mass is 306 g/mol. The number of amides is 2. The number of ether oxygens (including phenoxy) is 1. The van der Waals surface area contributed by atoms with Crippen molar-refractivity contribution in [2.45, 2.75) is 34.1 Å². The van der Waals surface area contributed by atoms with Crippen LogP contribution < -0.4 is 10.1 Å². The number of carbonyl (C=O) groups is 2. The Kier molecular flexibility index (Phi) is 6.89. The number of nitrogens with one attached hydrogen (secondary N) is 1. The van der Waals surface area contributed by atoms with E-state index in [9.17, 15) is 9.59 Å². The minimum absolute atomic E-state index is 0.492. The van der Waals surface area contributed by atoms with Crippen molar-refractivity contribution in [3.05, 3.63) is 23.8 Å². The van der Waals surface area contributed by atoms with Crippen LogP contribution in [-0.2, 0) is 9.59 Å². The lowest BCUT2D eigenvalue weighted by Gasteiger charge is -2.18. The molecule has 0 saturated carbocycles. The zero-order valence-corrected chi connectivity index (χ0v) is 14.1. The van der Waals surface area contributed by atoms with E-state index >= 15 is 0 Å². The van der Waals surface area contributed by atoms with E-state index in [1.54, 1.807) is 19.2 Å². The van der Waals surface area contributed by atoms with Crippen LogP contribution in [0.5, 0.6) is 5.75 Å². The molecule has 0 aliphatic heterocycles. The Morgan fingerprint density at radius 3 is 2.55 bits per heavy atom. The van der Waals surface area contributed by atoms with E-state index in [1.165, 1.54) is 4.90 Å². The second-order valence-electron chi connectivity index (χ2n) is 5.77. The van der Waals surface area contributed by atoms with E-state index in [-0.39, 0.29) is 0 Å². The fraction of sp³-hybridized carbons (Fsp3) is 0.529. The molecule has 0 bridgehead atoms. The van der Waals surface area contributed by atoms with Crippen molar-refractivity contribution in [1.29, 1.82) is 0 Å². The Labute approximate surface area is 132 Å². The highest BCUT2D eigenvalue weighted by Crippen LogP contribution is 2.21. The van der Waals surface area contributed by atoms with Gasteiger partial charge in [-0.25, -0.2) is 0 Å². The number of rotatable bonds is 6. The molecule has 5 nitrogen and oxygen atoms in total. The lowest BCUT2D eigenvalue weighted by molar-refractivity contribution is -0.142.